The van der Waals surface area contributed by atoms with Crippen LogP contribution in [-0.2, 0) is 0 Å². The average molecular weight is 971 g/mol. The Morgan fingerprint density at radius 1 is 0.116 bits per heavy atom. The Labute approximate surface area is 441 Å². The SMILES string of the molecule is CCCCCCCCCCCCCCCCCCCCCCCCCCCCCCCCCCCCCCCCCCCCCCCCCCCCCCCCCCCCCCCCCCCCN. The zero-order valence-corrected chi connectivity index (χ0v) is 49.0. The van der Waals surface area contributed by atoms with Gasteiger partial charge < -0.3 is 5.73 Å². The third-order valence-electron chi connectivity index (χ3n) is 16.6. The Morgan fingerprint density at radius 2 is 0.188 bits per heavy atom. The van der Waals surface area contributed by atoms with Crippen molar-refractivity contribution in [2.24, 2.45) is 5.73 Å². The summed E-state index contributed by atoms with van der Waals surface area (Å²) in [5, 5.41) is 0. The molecular formula is C68H139N. The summed E-state index contributed by atoms with van der Waals surface area (Å²) in [7, 11) is 0. The lowest BCUT2D eigenvalue weighted by molar-refractivity contribution is 0.506. The van der Waals surface area contributed by atoms with Gasteiger partial charge in [-0.2, -0.15) is 0 Å². The van der Waals surface area contributed by atoms with Crippen LogP contribution >= 0.6 is 0 Å². The number of hydrogen-bond donors (Lipinski definition) is 1. The molecule has 0 saturated heterocycles. The monoisotopic (exact) mass is 970 g/mol. The standard InChI is InChI=1S/C68H139N/c1-2-3-4-5-6-7-8-9-10-11-12-13-14-15-16-17-18-19-20-21-22-23-24-25-26-27-28-29-30-31-32-33-34-35-36-37-38-39-40-41-42-43-44-45-46-47-48-49-50-51-52-53-54-55-56-57-58-59-60-61-62-63-64-65-66-67-68-69/h2-69H2,1H3. The summed E-state index contributed by atoms with van der Waals surface area (Å²) in [6, 6.07) is 0. The van der Waals surface area contributed by atoms with Crippen molar-refractivity contribution in [2.75, 3.05) is 6.54 Å². The van der Waals surface area contributed by atoms with Gasteiger partial charge in [-0.15, -0.1) is 0 Å². The van der Waals surface area contributed by atoms with Gasteiger partial charge in [0.05, 0.1) is 0 Å². The summed E-state index contributed by atoms with van der Waals surface area (Å²) in [6.45, 7) is 3.19. The Kier molecular flexibility index (Phi) is 67.9. The molecule has 0 aliphatic rings. The topological polar surface area (TPSA) is 26.0 Å². The zero-order chi connectivity index (χ0) is 49.4. The number of unbranched alkanes of at least 4 members (excludes halogenated alkanes) is 65. The molecule has 0 rings (SSSR count). The normalized spacial score (nSPS) is 11.7. The molecule has 0 aromatic rings. The fourth-order valence-electron chi connectivity index (χ4n) is 11.5. The van der Waals surface area contributed by atoms with Crippen molar-refractivity contribution in [1.82, 2.24) is 0 Å². The maximum absolute atomic E-state index is 5.58. The Balaban J connectivity index is 3.07. The van der Waals surface area contributed by atoms with Gasteiger partial charge in [-0.05, 0) is 13.0 Å². The second-order valence-corrected chi connectivity index (χ2v) is 23.8. The Hall–Kier alpha value is -0.0400. The Bertz CT molecular complexity index is 754. The highest BCUT2D eigenvalue weighted by molar-refractivity contribution is 4.56. The molecule has 0 saturated carbocycles. The molecule has 0 aliphatic heterocycles. The van der Waals surface area contributed by atoms with Gasteiger partial charge in [0, 0.05) is 0 Å². The fraction of sp³-hybridized carbons (Fsp3) is 1.00. The largest absolute Gasteiger partial charge is 0.330 e. The van der Waals surface area contributed by atoms with E-state index in [1.807, 2.05) is 0 Å². The van der Waals surface area contributed by atoms with Gasteiger partial charge in [-0.25, -0.2) is 0 Å². The van der Waals surface area contributed by atoms with Gasteiger partial charge in [0.15, 0.2) is 0 Å². The van der Waals surface area contributed by atoms with Crippen LogP contribution in [0.1, 0.15) is 431 Å². The molecule has 0 spiro atoms. The predicted molar refractivity (Wildman–Crippen MR) is 319 cm³/mol. The van der Waals surface area contributed by atoms with Crippen LogP contribution in [0, 0.1) is 0 Å². The summed E-state index contributed by atoms with van der Waals surface area (Å²) in [5.74, 6) is 0. The van der Waals surface area contributed by atoms with Crippen molar-refractivity contribution in [3.63, 3.8) is 0 Å². The summed E-state index contributed by atoms with van der Waals surface area (Å²) in [5.41, 5.74) is 5.58. The molecule has 0 aliphatic carbocycles. The molecule has 2 N–H and O–H groups in total. The van der Waals surface area contributed by atoms with E-state index in [1.54, 1.807) is 0 Å². The first-order chi connectivity index (χ1) is 34.4. The van der Waals surface area contributed by atoms with E-state index in [1.165, 1.54) is 424 Å². The molecule has 0 amide bonds. The smallest absolute Gasteiger partial charge is 0.00773 e. The van der Waals surface area contributed by atoms with Gasteiger partial charge in [0.25, 0.3) is 0 Å². The van der Waals surface area contributed by atoms with Crippen LogP contribution in [0.4, 0.5) is 0 Å². The summed E-state index contributed by atoms with van der Waals surface area (Å²) in [6.07, 6.45) is 97.7. The fourth-order valence-corrected chi connectivity index (χ4v) is 11.5. The second kappa shape index (κ2) is 68.0. The highest BCUT2D eigenvalue weighted by Crippen LogP contribution is 2.20. The van der Waals surface area contributed by atoms with E-state index in [9.17, 15) is 0 Å². The summed E-state index contributed by atoms with van der Waals surface area (Å²) in [4.78, 5) is 0. The van der Waals surface area contributed by atoms with Gasteiger partial charge >= 0.3 is 0 Å². The van der Waals surface area contributed by atoms with Gasteiger partial charge in [-0.1, -0.05) is 424 Å². The van der Waals surface area contributed by atoms with E-state index in [0.717, 1.165) is 6.54 Å². The molecule has 69 heavy (non-hydrogen) atoms. The van der Waals surface area contributed by atoms with E-state index >= 15 is 0 Å². The van der Waals surface area contributed by atoms with Crippen LogP contribution in [0.25, 0.3) is 0 Å². The molecule has 416 valence electrons. The lowest BCUT2D eigenvalue weighted by Gasteiger charge is -2.05. The molecule has 1 heteroatoms. The molecule has 0 radical (unpaired) electrons. The molecule has 0 aromatic heterocycles. The second-order valence-electron chi connectivity index (χ2n) is 23.8. The van der Waals surface area contributed by atoms with Crippen molar-refractivity contribution in [1.29, 1.82) is 0 Å². The van der Waals surface area contributed by atoms with Gasteiger partial charge in [0.2, 0.25) is 0 Å². The van der Waals surface area contributed by atoms with Crippen LogP contribution in [0.5, 0.6) is 0 Å². The molecule has 0 unspecified atom stereocenters. The summed E-state index contributed by atoms with van der Waals surface area (Å²) >= 11 is 0. The number of nitrogens with two attached hydrogens (primary N) is 1. The van der Waals surface area contributed by atoms with Gasteiger partial charge in [-0.3, -0.25) is 0 Å². The van der Waals surface area contributed by atoms with Crippen LogP contribution < -0.4 is 5.73 Å². The molecule has 0 heterocycles. The van der Waals surface area contributed by atoms with Crippen molar-refractivity contribution >= 4 is 0 Å². The molecular weight excluding hydrogens is 831 g/mol. The van der Waals surface area contributed by atoms with Gasteiger partial charge in [0.1, 0.15) is 0 Å². The minimum atomic E-state index is 0.875. The van der Waals surface area contributed by atoms with Crippen LogP contribution in [0.2, 0.25) is 0 Å². The minimum Gasteiger partial charge on any atom is -0.330 e. The third-order valence-corrected chi connectivity index (χ3v) is 16.6. The first-order valence-electron chi connectivity index (χ1n) is 34.1. The predicted octanol–water partition coefficient (Wildman–Crippen LogP) is 25.7. The number of hydrogen-bond acceptors (Lipinski definition) is 1. The number of rotatable bonds is 66. The van der Waals surface area contributed by atoms with E-state index in [2.05, 4.69) is 6.92 Å². The molecule has 1 nitrogen and oxygen atoms in total. The first kappa shape index (κ1) is 69.0. The van der Waals surface area contributed by atoms with Crippen LogP contribution in [-0.4, -0.2) is 6.54 Å². The highest BCUT2D eigenvalue weighted by Gasteiger charge is 2.01. The van der Waals surface area contributed by atoms with Crippen LogP contribution in [0.15, 0.2) is 0 Å². The molecule has 0 fully saturated rings. The van der Waals surface area contributed by atoms with E-state index < -0.39 is 0 Å². The maximum atomic E-state index is 5.58. The molecule has 0 bridgehead atoms. The lowest BCUT2D eigenvalue weighted by atomic mass is 10.0. The zero-order valence-electron chi connectivity index (χ0n) is 49.0. The first-order valence-corrected chi connectivity index (χ1v) is 34.1. The van der Waals surface area contributed by atoms with E-state index in [-0.39, 0.29) is 0 Å². The average Bonchev–Trinajstić information content (AvgIpc) is 3.36. The highest BCUT2D eigenvalue weighted by atomic mass is 14.5. The van der Waals surface area contributed by atoms with Crippen molar-refractivity contribution in [3.8, 4) is 0 Å². The minimum absolute atomic E-state index is 0.875. The van der Waals surface area contributed by atoms with Crippen molar-refractivity contribution < 1.29 is 0 Å². The maximum Gasteiger partial charge on any atom is -0.00773 e. The van der Waals surface area contributed by atoms with E-state index in [0.29, 0.717) is 0 Å². The Morgan fingerprint density at radius 3 is 0.261 bits per heavy atom. The molecule has 0 aromatic carbocycles. The lowest BCUT2D eigenvalue weighted by Crippen LogP contribution is -1.97. The van der Waals surface area contributed by atoms with E-state index in [4.69, 9.17) is 5.73 Å². The third kappa shape index (κ3) is 68.0. The quantitative estimate of drug-likeness (QED) is 0.0604. The molecule has 0 atom stereocenters. The van der Waals surface area contributed by atoms with Crippen molar-refractivity contribution in [3.05, 3.63) is 0 Å². The van der Waals surface area contributed by atoms with Crippen molar-refractivity contribution in [2.45, 2.75) is 431 Å². The van der Waals surface area contributed by atoms with Crippen LogP contribution in [0.3, 0.4) is 0 Å². The summed E-state index contributed by atoms with van der Waals surface area (Å²) < 4.78 is 0.